The lowest BCUT2D eigenvalue weighted by Crippen LogP contribution is -2.48. The predicted molar refractivity (Wildman–Crippen MR) is 83.5 cm³/mol. The second-order valence-electron chi connectivity index (χ2n) is 5.89. The Morgan fingerprint density at radius 3 is 2.67 bits per heavy atom. The molecule has 4 nitrogen and oxygen atoms in total. The first-order valence-electron chi connectivity index (χ1n) is 7.53. The van der Waals surface area contributed by atoms with Crippen molar-refractivity contribution in [1.29, 1.82) is 0 Å². The molecular formula is C17H27NO3. The van der Waals surface area contributed by atoms with E-state index in [0.717, 1.165) is 19.7 Å². The number of hydrogen-bond acceptors (Lipinski definition) is 4. The maximum Gasteiger partial charge on any atom is 0.169 e. The third kappa shape index (κ3) is 4.04. The van der Waals surface area contributed by atoms with Gasteiger partial charge in [0.2, 0.25) is 0 Å². The van der Waals surface area contributed by atoms with Crippen molar-refractivity contribution in [3.05, 3.63) is 34.9 Å². The summed E-state index contributed by atoms with van der Waals surface area (Å²) < 4.78 is 16.7. The molecule has 0 spiro atoms. The summed E-state index contributed by atoms with van der Waals surface area (Å²) in [7, 11) is 3.36. The van der Waals surface area contributed by atoms with Gasteiger partial charge in [0.15, 0.2) is 6.29 Å². The minimum atomic E-state index is -0.190. The molecular weight excluding hydrogens is 266 g/mol. The zero-order chi connectivity index (χ0) is 15.4. The van der Waals surface area contributed by atoms with E-state index >= 15 is 0 Å². The van der Waals surface area contributed by atoms with E-state index in [1.165, 1.54) is 16.7 Å². The highest BCUT2D eigenvalue weighted by Crippen LogP contribution is 2.28. The van der Waals surface area contributed by atoms with Crippen molar-refractivity contribution in [3.8, 4) is 0 Å². The van der Waals surface area contributed by atoms with E-state index < -0.39 is 0 Å². The van der Waals surface area contributed by atoms with Crippen LogP contribution in [0.5, 0.6) is 0 Å². The molecule has 21 heavy (non-hydrogen) atoms. The Hall–Kier alpha value is -0.940. The van der Waals surface area contributed by atoms with Crippen molar-refractivity contribution in [1.82, 2.24) is 4.90 Å². The van der Waals surface area contributed by atoms with Crippen LogP contribution in [0, 0.1) is 13.8 Å². The van der Waals surface area contributed by atoms with E-state index in [-0.39, 0.29) is 12.4 Å². The lowest BCUT2D eigenvalue weighted by Gasteiger charge is -2.39. The van der Waals surface area contributed by atoms with Crippen molar-refractivity contribution in [3.63, 3.8) is 0 Å². The van der Waals surface area contributed by atoms with Gasteiger partial charge in [-0.15, -0.1) is 0 Å². The monoisotopic (exact) mass is 293 g/mol. The molecule has 1 aliphatic rings. The number of rotatable bonds is 5. The van der Waals surface area contributed by atoms with E-state index in [1.807, 2.05) is 0 Å². The van der Waals surface area contributed by atoms with Gasteiger partial charge in [-0.1, -0.05) is 23.8 Å². The summed E-state index contributed by atoms with van der Waals surface area (Å²) in [4.78, 5) is 2.38. The van der Waals surface area contributed by atoms with Gasteiger partial charge in [-0.25, -0.2) is 0 Å². The summed E-state index contributed by atoms with van der Waals surface area (Å²) >= 11 is 0. The SMILES string of the molecule is COC(CN1C[C@H](c2cc(C)ccc2C)OC[C@@H]1C)OC. The fourth-order valence-corrected chi connectivity index (χ4v) is 2.79. The van der Waals surface area contributed by atoms with E-state index in [4.69, 9.17) is 14.2 Å². The Bertz CT molecular complexity index is 459. The Kier molecular flexibility index (Phi) is 5.76. The Morgan fingerprint density at radius 2 is 2.00 bits per heavy atom. The summed E-state index contributed by atoms with van der Waals surface area (Å²) in [6.45, 7) is 8.82. The zero-order valence-electron chi connectivity index (χ0n) is 13.8. The van der Waals surface area contributed by atoms with Gasteiger partial charge in [-0.05, 0) is 31.9 Å². The van der Waals surface area contributed by atoms with Crippen LogP contribution < -0.4 is 0 Å². The normalized spacial score (nSPS) is 23.7. The standard InChI is InChI=1S/C17H27NO3/c1-12-6-7-13(2)15(8-12)16-9-18(14(3)11-21-16)10-17(19-4)20-5/h6-8,14,16-17H,9-11H2,1-5H3/t14-,16+/m0/s1. The van der Waals surface area contributed by atoms with Gasteiger partial charge in [0, 0.05) is 33.4 Å². The lowest BCUT2D eigenvalue weighted by molar-refractivity contribution is -0.142. The minimum Gasteiger partial charge on any atom is -0.371 e. The molecule has 118 valence electrons. The Balaban J connectivity index is 2.11. The molecule has 1 aromatic rings. The van der Waals surface area contributed by atoms with Crippen LogP contribution in [0.25, 0.3) is 0 Å². The van der Waals surface area contributed by atoms with Crippen LogP contribution in [0.15, 0.2) is 18.2 Å². The molecule has 0 N–H and O–H groups in total. The molecule has 0 unspecified atom stereocenters. The van der Waals surface area contributed by atoms with Gasteiger partial charge >= 0.3 is 0 Å². The van der Waals surface area contributed by atoms with Gasteiger partial charge in [0.1, 0.15) is 0 Å². The molecule has 1 aliphatic heterocycles. The first-order chi connectivity index (χ1) is 10.0. The third-order valence-electron chi connectivity index (χ3n) is 4.25. The summed E-state index contributed by atoms with van der Waals surface area (Å²) in [6, 6.07) is 6.93. The first kappa shape index (κ1) is 16.4. The molecule has 1 heterocycles. The average Bonchev–Trinajstić information content (AvgIpc) is 2.49. The van der Waals surface area contributed by atoms with Crippen molar-refractivity contribution in [2.45, 2.75) is 39.2 Å². The number of methoxy groups -OCH3 is 2. The van der Waals surface area contributed by atoms with Gasteiger partial charge < -0.3 is 14.2 Å². The number of hydrogen-bond donors (Lipinski definition) is 0. The topological polar surface area (TPSA) is 30.9 Å². The highest BCUT2D eigenvalue weighted by molar-refractivity contribution is 5.32. The van der Waals surface area contributed by atoms with Crippen LogP contribution >= 0.6 is 0 Å². The van der Waals surface area contributed by atoms with Crippen molar-refractivity contribution >= 4 is 0 Å². The van der Waals surface area contributed by atoms with E-state index in [9.17, 15) is 0 Å². The fraction of sp³-hybridized carbons (Fsp3) is 0.647. The number of morpholine rings is 1. The molecule has 0 radical (unpaired) electrons. The fourth-order valence-electron chi connectivity index (χ4n) is 2.79. The van der Waals surface area contributed by atoms with E-state index in [0.29, 0.717) is 6.04 Å². The Labute approximate surface area is 128 Å². The third-order valence-corrected chi connectivity index (χ3v) is 4.25. The van der Waals surface area contributed by atoms with Crippen molar-refractivity contribution in [2.75, 3.05) is 33.9 Å². The Morgan fingerprint density at radius 1 is 1.29 bits per heavy atom. The number of benzene rings is 1. The van der Waals surface area contributed by atoms with Gasteiger partial charge in [-0.3, -0.25) is 4.90 Å². The summed E-state index contributed by atoms with van der Waals surface area (Å²) in [6.07, 6.45) is -0.0692. The highest BCUT2D eigenvalue weighted by Gasteiger charge is 2.29. The lowest BCUT2D eigenvalue weighted by atomic mass is 9.99. The van der Waals surface area contributed by atoms with Gasteiger partial charge in [-0.2, -0.15) is 0 Å². The second kappa shape index (κ2) is 7.36. The molecule has 2 rings (SSSR count). The second-order valence-corrected chi connectivity index (χ2v) is 5.89. The maximum absolute atomic E-state index is 6.07. The van der Waals surface area contributed by atoms with Crippen LogP contribution in [0.4, 0.5) is 0 Å². The van der Waals surface area contributed by atoms with Crippen LogP contribution in [-0.2, 0) is 14.2 Å². The molecule has 1 saturated heterocycles. The molecule has 0 bridgehead atoms. The van der Waals surface area contributed by atoms with E-state index in [1.54, 1.807) is 14.2 Å². The number of ether oxygens (including phenoxy) is 3. The number of aryl methyl sites for hydroxylation is 2. The quantitative estimate of drug-likeness (QED) is 0.781. The minimum absolute atomic E-state index is 0.121. The molecule has 4 heteroatoms. The highest BCUT2D eigenvalue weighted by atomic mass is 16.7. The molecule has 2 atom stereocenters. The molecule has 1 aromatic carbocycles. The molecule has 0 saturated carbocycles. The molecule has 0 amide bonds. The maximum atomic E-state index is 6.07. The smallest absolute Gasteiger partial charge is 0.169 e. The number of nitrogens with zero attached hydrogens (tertiary/aromatic N) is 1. The molecule has 1 fully saturated rings. The summed E-state index contributed by atoms with van der Waals surface area (Å²) in [5.74, 6) is 0. The summed E-state index contributed by atoms with van der Waals surface area (Å²) in [5.41, 5.74) is 3.85. The average molecular weight is 293 g/mol. The van der Waals surface area contributed by atoms with Crippen LogP contribution in [-0.4, -0.2) is 51.1 Å². The van der Waals surface area contributed by atoms with Gasteiger partial charge in [0.25, 0.3) is 0 Å². The van der Waals surface area contributed by atoms with Crippen molar-refractivity contribution in [2.24, 2.45) is 0 Å². The molecule has 0 aliphatic carbocycles. The van der Waals surface area contributed by atoms with Crippen LogP contribution in [0.2, 0.25) is 0 Å². The summed E-state index contributed by atoms with van der Waals surface area (Å²) in [5, 5.41) is 0. The predicted octanol–water partition coefficient (Wildman–Crippen LogP) is 2.68. The van der Waals surface area contributed by atoms with Crippen molar-refractivity contribution < 1.29 is 14.2 Å². The van der Waals surface area contributed by atoms with Crippen LogP contribution in [0.3, 0.4) is 0 Å². The molecule has 0 aromatic heterocycles. The largest absolute Gasteiger partial charge is 0.371 e. The van der Waals surface area contributed by atoms with E-state index in [2.05, 4.69) is 43.9 Å². The van der Waals surface area contributed by atoms with Crippen LogP contribution in [0.1, 0.15) is 29.7 Å². The zero-order valence-corrected chi connectivity index (χ0v) is 13.8. The van der Waals surface area contributed by atoms with Gasteiger partial charge in [0.05, 0.1) is 12.7 Å². The first-order valence-corrected chi connectivity index (χ1v) is 7.53.